The van der Waals surface area contributed by atoms with Crippen molar-refractivity contribution in [2.45, 2.75) is 50.2 Å². The minimum Gasteiger partial charge on any atom is -0.491 e. The van der Waals surface area contributed by atoms with Crippen molar-refractivity contribution in [3.8, 4) is 5.75 Å². The Hall–Kier alpha value is -2.52. The lowest BCUT2D eigenvalue weighted by molar-refractivity contribution is 0.0910. The molecule has 156 valence electrons. The average molecular weight is 419 g/mol. The van der Waals surface area contributed by atoms with Crippen LogP contribution in [0.3, 0.4) is 0 Å². The summed E-state index contributed by atoms with van der Waals surface area (Å²) in [6, 6.07) is 7.58. The molecule has 9 heteroatoms. The van der Waals surface area contributed by atoms with Crippen molar-refractivity contribution in [3.05, 3.63) is 50.7 Å². The molecule has 3 rings (SSSR count). The molecule has 2 atom stereocenters. The zero-order valence-electron chi connectivity index (χ0n) is 17.0. The van der Waals surface area contributed by atoms with E-state index in [0.717, 1.165) is 12.0 Å². The number of ether oxygens (including phenoxy) is 1. The molecule has 0 aliphatic carbocycles. The number of imidazole rings is 1. The number of hydrogen-bond acceptors (Lipinski definition) is 6. The average Bonchev–Trinajstić information content (AvgIpc) is 3.04. The first-order valence-corrected chi connectivity index (χ1v) is 10.4. The quantitative estimate of drug-likeness (QED) is 0.543. The van der Waals surface area contributed by atoms with Gasteiger partial charge in [-0.05, 0) is 25.0 Å². The SMILES string of the molecule is CC[C@H](C)Sc1nc2c(c(=O)[nH]c(=O)n2C)n1C[C@H](O)COc1ccccc1C. The summed E-state index contributed by atoms with van der Waals surface area (Å²) in [6.45, 7) is 6.27. The number of aromatic amines is 1. The minimum absolute atomic E-state index is 0.0711. The Labute approximate surface area is 172 Å². The Morgan fingerprint density at radius 3 is 2.72 bits per heavy atom. The van der Waals surface area contributed by atoms with Crippen LogP contribution in [0.15, 0.2) is 39.0 Å². The van der Waals surface area contributed by atoms with Gasteiger partial charge in [0.2, 0.25) is 0 Å². The topological polar surface area (TPSA) is 102 Å². The van der Waals surface area contributed by atoms with Gasteiger partial charge in [0.25, 0.3) is 5.56 Å². The highest BCUT2D eigenvalue weighted by Gasteiger charge is 2.21. The number of nitrogens with one attached hydrogen (secondary N) is 1. The van der Waals surface area contributed by atoms with Gasteiger partial charge in [0.05, 0.1) is 6.54 Å². The predicted molar refractivity (Wildman–Crippen MR) is 114 cm³/mol. The van der Waals surface area contributed by atoms with Crippen molar-refractivity contribution in [3.63, 3.8) is 0 Å². The van der Waals surface area contributed by atoms with Crippen molar-refractivity contribution in [2.24, 2.45) is 7.05 Å². The molecule has 0 aliphatic rings. The van der Waals surface area contributed by atoms with E-state index in [2.05, 4.69) is 23.8 Å². The number of para-hydroxylation sites is 1. The number of fused-ring (bicyclic) bond motifs is 1. The molecule has 1 aromatic carbocycles. The molecule has 0 amide bonds. The molecule has 3 aromatic rings. The largest absolute Gasteiger partial charge is 0.491 e. The Balaban J connectivity index is 1.92. The normalized spacial score (nSPS) is 13.6. The van der Waals surface area contributed by atoms with Gasteiger partial charge < -0.3 is 14.4 Å². The van der Waals surface area contributed by atoms with Gasteiger partial charge in [-0.2, -0.15) is 0 Å². The van der Waals surface area contributed by atoms with Crippen molar-refractivity contribution in [1.29, 1.82) is 0 Å². The van der Waals surface area contributed by atoms with Gasteiger partial charge in [0.15, 0.2) is 16.3 Å². The van der Waals surface area contributed by atoms with E-state index >= 15 is 0 Å². The van der Waals surface area contributed by atoms with E-state index < -0.39 is 17.4 Å². The molecule has 29 heavy (non-hydrogen) atoms. The highest BCUT2D eigenvalue weighted by molar-refractivity contribution is 7.99. The maximum Gasteiger partial charge on any atom is 0.329 e. The fourth-order valence-corrected chi connectivity index (χ4v) is 3.86. The summed E-state index contributed by atoms with van der Waals surface area (Å²) >= 11 is 1.51. The Kier molecular flexibility index (Phi) is 6.49. The minimum atomic E-state index is -0.861. The monoisotopic (exact) mass is 418 g/mol. The maximum atomic E-state index is 12.5. The summed E-state index contributed by atoms with van der Waals surface area (Å²) in [4.78, 5) is 31.3. The third-order valence-corrected chi connectivity index (χ3v) is 6.03. The van der Waals surface area contributed by atoms with Crippen LogP contribution in [-0.2, 0) is 13.6 Å². The maximum absolute atomic E-state index is 12.5. The van der Waals surface area contributed by atoms with Gasteiger partial charge in [-0.25, -0.2) is 9.78 Å². The lowest BCUT2D eigenvalue weighted by atomic mass is 10.2. The first-order chi connectivity index (χ1) is 13.8. The van der Waals surface area contributed by atoms with Gasteiger partial charge in [0.1, 0.15) is 18.5 Å². The standard InChI is InChI=1S/C20H26N4O4S/c1-5-13(3)29-20-21-17-16(18(26)22-19(27)23(17)4)24(20)10-14(25)11-28-15-9-7-6-8-12(15)2/h6-9,13-14,25H,5,10-11H2,1-4H3,(H,22,26,27)/t13-,14-/m0/s1. The molecule has 0 radical (unpaired) electrons. The summed E-state index contributed by atoms with van der Waals surface area (Å²) in [6.07, 6.45) is 0.0576. The van der Waals surface area contributed by atoms with Crippen LogP contribution in [0.2, 0.25) is 0 Å². The van der Waals surface area contributed by atoms with Crippen molar-refractivity contribution in [2.75, 3.05) is 6.61 Å². The third-order valence-electron chi connectivity index (χ3n) is 4.77. The van der Waals surface area contributed by atoms with E-state index in [1.54, 1.807) is 11.6 Å². The number of H-pyrrole nitrogens is 1. The summed E-state index contributed by atoms with van der Waals surface area (Å²) in [5.41, 5.74) is 0.519. The molecular weight excluding hydrogens is 392 g/mol. The van der Waals surface area contributed by atoms with E-state index in [-0.39, 0.29) is 23.9 Å². The second-order valence-electron chi connectivity index (χ2n) is 7.06. The molecule has 0 spiro atoms. The van der Waals surface area contributed by atoms with Crippen LogP contribution in [-0.4, -0.2) is 42.2 Å². The van der Waals surface area contributed by atoms with Crippen LogP contribution >= 0.6 is 11.8 Å². The highest BCUT2D eigenvalue weighted by atomic mass is 32.2. The lowest BCUT2D eigenvalue weighted by Crippen LogP contribution is -2.30. The van der Waals surface area contributed by atoms with Crippen LogP contribution in [0.5, 0.6) is 5.75 Å². The van der Waals surface area contributed by atoms with Crippen LogP contribution < -0.4 is 16.0 Å². The number of nitrogens with zero attached hydrogens (tertiary/aromatic N) is 3. The Morgan fingerprint density at radius 1 is 1.31 bits per heavy atom. The predicted octanol–water partition coefficient (Wildman–Crippen LogP) is 2.06. The molecule has 8 nitrogen and oxygen atoms in total. The summed E-state index contributed by atoms with van der Waals surface area (Å²) in [7, 11) is 1.56. The number of benzene rings is 1. The number of hydrogen-bond donors (Lipinski definition) is 2. The zero-order valence-corrected chi connectivity index (χ0v) is 17.8. The number of aryl methyl sites for hydroxylation is 2. The van der Waals surface area contributed by atoms with E-state index in [4.69, 9.17) is 4.74 Å². The lowest BCUT2D eigenvalue weighted by Gasteiger charge is -2.17. The fraction of sp³-hybridized carbons (Fsp3) is 0.450. The summed E-state index contributed by atoms with van der Waals surface area (Å²) in [5.74, 6) is 0.705. The van der Waals surface area contributed by atoms with Gasteiger partial charge >= 0.3 is 5.69 Å². The van der Waals surface area contributed by atoms with Crippen LogP contribution in [0.1, 0.15) is 25.8 Å². The molecule has 0 aliphatic heterocycles. The molecule has 0 saturated heterocycles. The van der Waals surface area contributed by atoms with Gasteiger partial charge in [-0.3, -0.25) is 14.3 Å². The van der Waals surface area contributed by atoms with Gasteiger partial charge in [0, 0.05) is 12.3 Å². The van der Waals surface area contributed by atoms with E-state index in [9.17, 15) is 14.7 Å². The summed E-state index contributed by atoms with van der Waals surface area (Å²) < 4.78 is 8.73. The molecular formula is C20H26N4O4S. The third kappa shape index (κ3) is 4.56. The molecule has 2 N–H and O–H groups in total. The van der Waals surface area contributed by atoms with Crippen molar-refractivity contribution < 1.29 is 9.84 Å². The highest BCUT2D eigenvalue weighted by Crippen LogP contribution is 2.27. The number of thioether (sulfide) groups is 1. The van der Waals surface area contributed by atoms with E-state index in [1.165, 1.54) is 16.3 Å². The molecule has 0 bridgehead atoms. The number of aromatic nitrogens is 4. The van der Waals surface area contributed by atoms with Crippen molar-refractivity contribution in [1.82, 2.24) is 19.1 Å². The smallest absolute Gasteiger partial charge is 0.329 e. The van der Waals surface area contributed by atoms with Crippen molar-refractivity contribution >= 4 is 22.9 Å². The fourth-order valence-electron chi connectivity index (χ4n) is 2.91. The Bertz CT molecular complexity index is 1120. The molecule has 0 saturated carbocycles. The Morgan fingerprint density at radius 2 is 2.03 bits per heavy atom. The molecule has 2 heterocycles. The number of rotatable bonds is 8. The van der Waals surface area contributed by atoms with Crippen LogP contribution in [0.4, 0.5) is 0 Å². The first kappa shape index (κ1) is 21.2. The van der Waals surface area contributed by atoms with E-state index in [1.807, 2.05) is 31.2 Å². The zero-order chi connectivity index (χ0) is 21.1. The molecule has 0 fully saturated rings. The van der Waals surface area contributed by atoms with E-state index in [0.29, 0.717) is 16.6 Å². The molecule has 2 aromatic heterocycles. The van der Waals surface area contributed by atoms with Gasteiger partial charge in [-0.1, -0.05) is 43.8 Å². The van der Waals surface area contributed by atoms with Crippen LogP contribution in [0, 0.1) is 6.92 Å². The number of aliphatic hydroxyl groups excluding tert-OH is 1. The first-order valence-electron chi connectivity index (χ1n) is 9.54. The number of aliphatic hydroxyl groups is 1. The second kappa shape index (κ2) is 8.87. The van der Waals surface area contributed by atoms with Crippen LogP contribution in [0.25, 0.3) is 11.2 Å². The summed E-state index contributed by atoms with van der Waals surface area (Å²) in [5, 5.41) is 11.5. The second-order valence-corrected chi connectivity index (χ2v) is 8.47. The molecule has 0 unspecified atom stereocenters. The van der Waals surface area contributed by atoms with Gasteiger partial charge in [-0.15, -0.1) is 0 Å².